The third kappa shape index (κ3) is 2.43. The highest BCUT2D eigenvalue weighted by molar-refractivity contribution is 5.97. The molecule has 1 heterocycles. The molecular weight excluding hydrogens is 218 g/mol. The molecule has 0 saturated heterocycles. The molecule has 0 spiro atoms. The second-order valence-electron chi connectivity index (χ2n) is 4.27. The molecule has 5 heteroatoms. The van der Waals surface area contributed by atoms with Crippen molar-refractivity contribution in [1.29, 1.82) is 0 Å². The van der Waals surface area contributed by atoms with Gasteiger partial charge in [0, 0.05) is 30.3 Å². The van der Waals surface area contributed by atoms with Gasteiger partial charge in [0.15, 0.2) is 0 Å². The van der Waals surface area contributed by atoms with Crippen LogP contribution < -0.4 is 5.32 Å². The van der Waals surface area contributed by atoms with Gasteiger partial charge < -0.3 is 5.32 Å². The summed E-state index contributed by atoms with van der Waals surface area (Å²) in [4.78, 5) is 14.8. The number of hydrogen-bond acceptors (Lipinski definition) is 4. The fourth-order valence-electron chi connectivity index (χ4n) is 1.93. The van der Waals surface area contributed by atoms with Crippen LogP contribution in [0.1, 0.15) is 24.0 Å². The molecule has 17 heavy (non-hydrogen) atoms. The number of aryl methyl sites for hydroxylation is 2. The third-order valence-corrected chi connectivity index (χ3v) is 2.89. The Bertz CT molecular complexity index is 495. The molecule has 1 aliphatic rings. The first-order valence-corrected chi connectivity index (χ1v) is 5.64. The standard InChI is InChI=1S/C12H15N3O2/c1-8-7-11(15(16)17)9(2)6-10(8)14-12-4-3-5-13-12/h6-7H,3-5H2,1-2H3,(H,13,14). The van der Waals surface area contributed by atoms with E-state index in [9.17, 15) is 10.1 Å². The lowest BCUT2D eigenvalue weighted by molar-refractivity contribution is -0.385. The average molecular weight is 233 g/mol. The second-order valence-corrected chi connectivity index (χ2v) is 4.27. The monoisotopic (exact) mass is 233 g/mol. The van der Waals surface area contributed by atoms with Crippen LogP contribution in [0.15, 0.2) is 17.1 Å². The third-order valence-electron chi connectivity index (χ3n) is 2.89. The number of nitrogens with one attached hydrogen (secondary N) is 1. The van der Waals surface area contributed by atoms with Gasteiger partial charge >= 0.3 is 0 Å². The van der Waals surface area contributed by atoms with Gasteiger partial charge in [0.05, 0.1) is 4.92 Å². The maximum atomic E-state index is 10.8. The summed E-state index contributed by atoms with van der Waals surface area (Å²) in [6.07, 6.45) is 2.03. The largest absolute Gasteiger partial charge is 0.344 e. The predicted molar refractivity (Wildman–Crippen MR) is 67.7 cm³/mol. The molecule has 1 aromatic rings. The van der Waals surface area contributed by atoms with E-state index in [2.05, 4.69) is 10.3 Å². The van der Waals surface area contributed by atoms with Gasteiger partial charge in [-0.2, -0.15) is 0 Å². The lowest BCUT2D eigenvalue weighted by Crippen LogP contribution is -2.10. The second kappa shape index (κ2) is 4.53. The SMILES string of the molecule is Cc1cc([N+](=O)[O-])c(C)cc1NC1=NCCC1. The van der Waals surface area contributed by atoms with Crippen LogP contribution >= 0.6 is 0 Å². The number of anilines is 1. The van der Waals surface area contributed by atoms with Gasteiger partial charge in [-0.05, 0) is 31.9 Å². The van der Waals surface area contributed by atoms with Gasteiger partial charge in [-0.25, -0.2) is 0 Å². The van der Waals surface area contributed by atoms with Crippen LogP contribution in [0.2, 0.25) is 0 Å². The molecule has 0 radical (unpaired) electrons. The van der Waals surface area contributed by atoms with Gasteiger partial charge in [0.1, 0.15) is 5.84 Å². The van der Waals surface area contributed by atoms with Crippen LogP contribution in [0, 0.1) is 24.0 Å². The Labute approximate surface area is 99.7 Å². The molecule has 5 nitrogen and oxygen atoms in total. The summed E-state index contributed by atoms with van der Waals surface area (Å²) in [5.74, 6) is 0.973. The molecule has 0 bridgehead atoms. The van der Waals surface area contributed by atoms with Crippen molar-refractivity contribution in [2.24, 2.45) is 4.99 Å². The summed E-state index contributed by atoms with van der Waals surface area (Å²) in [7, 11) is 0. The molecular formula is C12H15N3O2. The topological polar surface area (TPSA) is 67.5 Å². The summed E-state index contributed by atoms with van der Waals surface area (Å²) in [5.41, 5.74) is 2.62. The smallest absolute Gasteiger partial charge is 0.272 e. The minimum atomic E-state index is -0.348. The summed E-state index contributed by atoms with van der Waals surface area (Å²) in [6.45, 7) is 4.48. The molecule has 0 aromatic heterocycles. The quantitative estimate of drug-likeness (QED) is 0.630. The molecule has 0 unspecified atom stereocenters. The number of nitro groups is 1. The highest BCUT2D eigenvalue weighted by Crippen LogP contribution is 2.26. The summed E-state index contributed by atoms with van der Waals surface area (Å²) in [6, 6.07) is 3.42. The fourth-order valence-corrected chi connectivity index (χ4v) is 1.93. The number of aliphatic imine (C=N–C) groups is 1. The summed E-state index contributed by atoms with van der Waals surface area (Å²) >= 11 is 0. The molecule has 1 N–H and O–H groups in total. The summed E-state index contributed by atoms with van der Waals surface area (Å²) < 4.78 is 0. The van der Waals surface area contributed by atoms with Gasteiger partial charge in [0.25, 0.3) is 5.69 Å². The van der Waals surface area contributed by atoms with Crippen molar-refractivity contribution in [1.82, 2.24) is 0 Å². The Morgan fingerprint density at radius 1 is 1.35 bits per heavy atom. The molecule has 0 atom stereocenters. The van der Waals surface area contributed by atoms with Crippen molar-refractivity contribution in [3.63, 3.8) is 0 Å². The van der Waals surface area contributed by atoms with Crippen LogP contribution in [0.3, 0.4) is 0 Å². The number of rotatable bonds is 2. The normalized spacial score (nSPS) is 14.6. The van der Waals surface area contributed by atoms with E-state index < -0.39 is 0 Å². The van der Waals surface area contributed by atoms with Gasteiger partial charge in [0.2, 0.25) is 0 Å². The van der Waals surface area contributed by atoms with Crippen molar-refractivity contribution in [2.45, 2.75) is 26.7 Å². The number of nitrogens with zero attached hydrogens (tertiary/aromatic N) is 2. The van der Waals surface area contributed by atoms with Crippen LogP contribution in [0.25, 0.3) is 0 Å². The maximum Gasteiger partial charge on any atom is 0.272 e. The van der Waals surface area contributed by atoms with Crippen molar-refractivity contribution in [2.75, 3.05) is 11.9 Å². The number of amidine groups is 1. The van der Waals surface area contributed by atoms with Gasteiger partial charge in [-0.1, -0.05) is 0 Å². The van der Waals surface area contributed by atoms with E-state index >= 15 is 0 Å². The maximum absolute atomic E-state index is 10.8. The first-order chi connectivity index (χ1) is 8.08. The van der Waals surface area contributed by atoms with E-state index in [-0.39, 0.29) is 10.6 Å². The van der Waals surface area contributed by atoms with Crippen LogP contribution in [0.5, 0.6) is 0 Å². The molecule has 1 aromatic carbocycles. The molecule has 0 saturated carbocycles. The van der Waals surface area contributed by atoms with Crippen molar-refractivity contribution < 1.29 is 4.92 Å². The Kier molecular flexibility index (Phi) is 3.08. The number of nitro benzene ring substituents is 1. The van der Waals surface area contributed by atoms with Gasteiger partial charge in [-0.3, -0.25) is 15.1 Å². The first kappa shape index (κ1) is 11.6. The lowest BCUT2D eigenvalue weighted by Gasteiger charge is -2.10. The van der Waals surface area contributed by atoms with E-state index in [4.69, 9.17) is 0 Å². The first-order valence-electron chi connectivity index (χ1n) is 5.64. The zero-order chi connectivity index (χ0) is 12.4. The predicted octanol–water partition coefficient (Wildman–Crippen LogP) is 2.82. The van der Waals surface area contributed by atoms with E-state index in [0.29, 0.717) is 5.56 Å². The van der Waals surface area contributed by atoms with E-state index in [1.54, 1.807) is 13.0 Å². The average Bonchev–Trinajstić information content (AvgIpc) is 2.75. The molecule has 90 valence electrons. The Morgan fingerprint density at radius 3 is 2.71 bits per heavy atom. The van der Waals surface area contributed by atoms with Crippen LogP contribution in [-0.4, -0.2) is 17.3 Å². The number of benzene rings is 1. The van der Waals surface area contributed by atoms with E-state index in [1.165, 1.54) is 0 Å². The zero-order valence-corrected chi connectivity index (χ0v) is 9.99. The molecule has 0 fully saturated rings. The van der Waals surface area contributed by atoms with Crippen molar-refractivity contribution >= 4 is 17.2 Å². The Morgan fingerprint density at radius 2 is 2.12 bits per heavy atom. The molecule has 0 aliphatic carbocycles. The highest BCUT2D eigenvalue weighted by Gasteiger charge is 2.14. The summed E-state index contributed by atoms with van der Waals surface area (Å²) in [5, 5.41) is 14.0. The van der Waals surface area contributed by atoms with Crippen LogP contribution in [-0.2, 0) is 0 Å². The van der Waals surface area contributed by atoms with E-state index in [0.717, 1.165) is 36.5 Å². The zero-order valence-electron chi connectivity index (χ0n) is 9.99. The molecule has 1 aliphatic heterocycles. The van der Waals surface area contributed by atoms with E-state index in [1.807, 2.05) is 13.0 Å². The van der Waals surface area contributed by atoms with Crippen LogP contribution in [0.4, 0.5) is 11.4 Å². The van der Waals surface area contributed by atoms with Crippen molar-refractivity contribution in [3.05, 3.63) is 33.4 Å². The minimum absolute atomic E-state index is 0.168. The van der Waals surface area contributed by atoms with Crippen molar-refractivity contribution in [3.8, 4) is 0 Å². The minimum Gasteiger partial charge on any atom is -0.344 e. The fraction of sp³-hybridized carbons (Fsp3) is 0.417. The lowest BCUT2D eigenvalue weighted by atomic mass is 10.1. The molecule has 0 amide bonds. The Balaban J connectivity index is 2.29. The van der Waals surface area contributed by atoms with Gasteiger partial charge in [-0.15, -0.1) is 0 Å². The Hall–Kier alpha value is -1.91. The molecule has 2 rings (SSSR count). The number of hydrogen-bond donors (Lipinski definition) is 1. The highest BCUT2D eigenvalue weighted by atomic mass is 16.6.